The second-order valence-corrected chi connectivity index (χ2v) is 6.90. The van der Waals surface area contributed by atoms with Crippen LogP contribution in [0.15, 0.2) is 18.2 Å². The van der Waals surface area contributed by atoms with Crippen LogP contribution in [0.25, 0.3) is 0 Å². The van der Waals surface area contributed by atoms with E-state index < -0.39 is 0 Å². The Morgan fingerprint density at radius 3 is 2.67 bits per heavy atom. The number of nitrogens with zero attached hydrogens (tertiary/aromatic N) is 1. The molecule has 0 bridgehead atoms. The first kappa shape index (κ1) is 17.1. The van der Waals surface area contributed by atoms with Crippen LogP contribution in [-0.4, -0.2) is 43.7 Å². The largest absolute Gasteiger partial charge is 0.486 e. The monoisotopic (exact) mass is 332 g/mol. The van der Waals surface area contributed by atoms with E-state index in [0.717, 1.165) is 17.1 Å². The van der Waals surface area contributed by atoms with E-state index >= 15 is 0 Å². The standard InChI is InChI=1S/C19H28N2O3/c1-14(15-8-9-17-18(12-15)24-11-10-23-17)20-19(22)13-21(2)16-6-4-3-5-7-16/h8-9,12,14,16H,3-7,10-11,13H2,1-2H3,(H,20,22). The first-order valence-electron chi connectivity index (χ1n) is 9.02. The summed E-state index contributed by atoms with van der Waals surface area (Å²) < 4.78 is 11.2. The molecule has 1 N–H and O–H groups in total. The van der Waals surface area contributed by atoms with Gasteiger partial charge in [0.25, 0.3) is 0 Å². The molecule has 1 saturated carbocycles. The molecule has 2 aliphatic rings. The van der Waals surface area contributed by atoms with Crippen molar-refractivity contribution in [2.45, 2.75) is 51.1 Å². The average Bonchev–Trinajstić information content (AvgIpc) is 2.61. The number of hydrogen-bond acceptors (Lipinski definition) is 4. The van der Waals surface area contributed by atoms with Crippen molar-refractivity contribution >= 4 is 5.91 Å². The van der Waals surface area contributed by atoms with Crippen LogP contribution in [0, 0.1) is 0 Å². The lowest BCUT2D eigenvalue weighted by Crippen LogP contribution is -2.42. The molecule has 24 heavy (non-hydrogen) atoms. The normalized spacial score (nSPS) is 19.1. The Labute approximate surface area is 144 Å². The van der Waals surface area contributed by atoms with Gasteiger partial charge in [-0.1, -0.05) is 25.3 Å². The number of nitrogens with one attached hydrogen (secondary N) is 1. The highest BCUT2D eigenvalue weighted by Gasteiger charge is 2.21. The number of rotatable bonds is 5. The van der Waals surface area contributed by atoms with Gasteiger partial charge >= 0.3 is 0 Å². The van der Waals surface area contributed by atoms with E-state index in [1.807, 2.05) is 25.1 Å². The van der Waals surface area contributed by atoms with Gasteiger partial charge in [0.15, 0.2) is 11.5 Å². The Morgan fingerprint density at radius 2 is 1.92 bits per heavy atom. The third-order valence-electron chi connectivity index (χ3n) is 5.03. The zero-order valence-corrected chi connectivity index (χ0v) is 14.7. The van der Waals surface area contributed by atoms with E-state index in [-0.39, 0.29) is 11.9 Å². The molecule has 132 valence electrons. The number of amides is 1. The molecule has 0 saturated heterocycles. The molecule has 0 radical (unpaired) electrons. The molecular weight excluding hydrogens is 304 g/mol. The lowest BCUT2D eigenvalue weighted by atomic mass is 9.94. The van der Waals surface area contributed by atoms with E-state index in [1.54, 1.807) is 0 Å². The van der Waals surface area contributed by atoms with Crippen LogP contribution in [0.2, 0.25) is 0 Å². The summed E-state index contributed by atoms with van der Waals surface area (Å²) in [7, 11) is 2.06. The van der Waals surface area contributed by atoms with Gasteiger partial charge in [0.1, 0.15) is 13.2 Å². The Balaban J connectivity index is 1.53. The predicted octanol–water partition coefficient (Wildman–Crippen LogP) is 2.90. The number of carbonyl (C=O) groups is 1. The quantitative estimate of drug-likeness (QED) is 0.901. The van der Waals surface area contributed by atoms with E-state index in [0.29, 0.717) is 25.8 Å². The summed E-state index contributed by atoms with van der Waals surface area (Å²) in [4.78, 5) is 14.6. The number of carbonyl (C=O) groups excluding carboxylic acids is 1. The first-order chi connectivity index (χ1) is 11.6. The van der Waals surface area contributed by atoms with Crippen LogP contribution >= 0.6 is 0 Å². The molecule has 1 heterocycles. The van der Waals surface area contributed by atoms with Crippen LogP contribution in [0.4, 0.5) is 0 Å². The molecule has 1 fully saturated rings. The van der Waals surface area contributed by atoms with Crippen LogP contribution in [0.3, 0.4) is 0 Å². The number of fused-ring (bicyclic) bond motifs is 1. The molecule has 0 spiro atoms. The zero-order valence-electron chi connectivity index (χ0n) is 14.7. The van der Waals surface area contributed by atoms with Crippen molar-refractivity contribution in [3.8, 4) is 11.5 Å². The van der Waals surface area contributed by atoms with Gasteiger partial charge in [-0.2, -0.15) is 0 Å². The number of likely N-dealkylation sites (N-methyl/N-ethyl adjacent to an activating group) is 1. The van der Waals surface area contributed by atoms with E-state index in [4.69, 9.17) is 9.47 Å². The topological polar surface area (TPSA) is 50.8 Å². The summed E-state index contributed by atoms with van der Waals surface area (Å²) in [5.41, 5.74) is 1.04. The van der Waals surface area contributed by atoms with E-state index in [1.165, 1.54) is 32.1 Å². The second-order valence-electron chi connectivity index (χ2n) is 6.90. The van der Waals surface area contributed by atoms with Crippen molar-refractivity contribution in [2.24, 2.45) is 0 Å². The van der Waals surface area contributed by atoms with Crippen molar-refractivity contribution < 1.29 is 14.3 Å². The van der Waals surface area contributed by atoms with Gasteiger partial charge in [-0.05, 0) is 44.5 Å². The summed E-state index contributed by atoms with van der Waals surface area (Å²) in [6.45, 7) is 3.62. The van der Waals surface area contributed by atoms with Crippen LogP contribution in [0.5, 0.6) is 11.5 Å². The summed E-state index contributed by atoms with van der Waals surface area (Å²) in [5, 5.41) is 3.10. The molecular formula is C19H28N2O3. The summed E-state index contributed by atoms with van der Waals surface area (Å²) in [5.74, 6) is 1.62. The number of benzene rings is 1. The van der Waals surface area contributed by atoms with Gasteiger partial charge in [0.2, 0.25) is 5.91 Å². The van der Waals surface area contributed by atoms with Gasteiger partial charge in [-0.3, -0.25) is 9.69 Å². The molecule has 1 aliphatic heterocycles. The van der Waals surface area contributed by atoms with E-state index in [9.17, 15) is 4.79 Å². The van der Waals surface area contributed by atoms with Crippen molar-refractivity contribution in [3.63, 3.8) is 0 Å². The first-order valence-corrected chi connectivity index (χ1v) is 9.02. The van der Waals surface area contributed by atoms with Crippen molar-refractivity contribution in [2.75, 3.05) is 26.8 Å². The minimum Gasteiger partial charge on any atom is -0.486 e. The van der Waals surface area contributed by atoms with Crippen LogP contribution in [0.1, 0.15) is 50.6 Å². The Kier molecular flexibility index (Phi) is 5.61. The highest BCUT2D eigenvalue weighted by molar-refractivity contribution is 5.78. The highest BCUT2D eigenvalue weighted by Crippen LogP contribution is 2.32. The fraction of sp³-hybridized carbons (Fsp3) is 0.632. The predicted molar refractivity (Wildman–Crippen MR) is 93.5 cm³/mol. The lowest BCUT2D eigenvalue weighted by Gasteiger charge is -2.31. The summed E-state index contributed by atoms with van der Waals surface area (Å²) in [6, 6.07) is 6.37. The lowest BCUT2D eigenvalue weighted by molar-refractivity contribution is -0.123. The smallest absolute Gasteiger partial charge is 0.234 e. The second kappa shape index (κ2) is 7.88. The molecule has 0 aromatic heterocycles. The Morgan fingerprint density at radius 1 is 1.21 bits per heavy atom. The fourth-order valence-corrected chi connectivity index (χ4v) is 3.58. The van der Waals surface area contributed by atoms with Gasteiger partial charge in [-0.25, -0.2) is 0 Å². The van der Waals surface area contributed by atoms with Gasteiger partial charge in [-0.15, -0.1) is 0 Å². The molecule has 1 aromatic rings. The van der Waals surface area contributed by atoms with E-state index in [2.05, 4.69) is 17.3 Å². The number of ether oxygens (including phenoxy) is 2. The molecule has 5 heteroatoms. The molecule has 1 atom stereocenters. The molecule has 1 amide bonds. The Bertz CT molecular complexity index is 570. The fourth-order valence-electron chi connectivity index (χ4n) is 3.58. The third-order valence-corrected chi connectivity index (χ3v) is 5.03. The minimum absolute atomic E-state index is 0.0481. The van der Waals surface area contributed by atoms with Gasteiger partial charge in [0.05, 0.1) is 12.6 Å². The summed E-state index contributed by atoms with van der Waals surface area (Å²) >= 11 is 0. The molecule has 3 rings (SSSR count). The van der Waals surface area contributed by atoms with Gasteiger partial charge in [0, 0.05) is 6.04 Å². The van der Waals surface area contributed by atoms with Gasteiger partial charge < -0.3 is 14.8 Å². The minimum atomic E-state index is -0.0481. The zero-order chi connectivity index (χ0) is 16.9. The SMILES string of the molecule is CC(NC(=O)CN(C)C1CCCCC1)c1ccc2c(c1)OCCO2. The maximum atomic E-state index is 12.4. The van der Waals surface area contributed by atoms with Crippen LogP contribution in [-0.2, 0) is 4.79 Å². The van der Waals surface area contributed by atoms with Crippen molar-refractivity contribution in [1.82, 2.24) is 10.2 Å². The molecule has 1 aromatic carbocycles. The third kappa shape index (κ3) is 4.20. The molecule has 5 nitrogen and oxygen atoms in total. The molecule has 1 unspecified atom stereocenters. The maximum absolute atomic E-state index is 12.4. The molecule has 1 aliphatic carbocycles. The highest BCUT2D eigenvalue weighted by atomic mass is 16.6. The maximum Gasteiger partial charge on any atom is 0.234 e. The van der Waals surface area contributed by atoms with Crippen molar-refractivity contribution in [1.29, 1.82) is 0 Å². The summed E-state index contributed by atoms with van der Waals surface area (Å²) in [6.07, 6.45) is 6.31. The van der Waals surface area contributed by atoms with Crippen molar-refractivity contribution in [3.05, 3.63) is 23.8 Å². The average molecular weight is 332 g/mol. The number of hydrogen-bond donors (Lipinski definition) is 1. The van der Waals surface area contributed by atoms with Crippen LogP contribution < -0.4 is 14.8 Å². The Hall–Kier alpha value is -1.75.